The number of benzene rings is 2. The highest BCUT2D eigenvalue weighted by Crippen LogP contribution is 2.19. The van der Waals surface area contributed by atoms with Gasteiger partial charge in [0, 0.05) is 12.2 Å². The van der Waals surface area contributed by atoms with Crippen molar-refractivity contribution in [2.75, 3.05) is 18.6 Å². The number of anilines is 1. The fraction of sp³-hybridized carbons (Fsp3) is 0.176. The molecular formula is C17H17NO. The molecule has 2 rings (SSSR count). The van der Waals surface area contributed by atoms with Gasteiger partial charge in [-0.25, -0.2) is 0 Å². The summed E-state index contributed by atoms with van der Waals surface area (Å²) in [5, 5.41) is 0. The van der Waals surface area contributed by atoms with E-state index in [0.29, 0.717) is 6.54 Å². The van der Waals surface area contributed by atoms with Gasteiger partial charge in [-0.05, 0) is 29.8 Å². The smallest absolute Gasteiger partial charge is 0.119 e. The van der Waals surface area contributed by atoms with Gasteiger partial charge in [-0.15, -0.1) is 6.42 Å². The van der Waals surface area contributed by atoms with E-state index < -0.39 is 0 Å². The minimum absolute atomic E-state index is 0.585. The molecule has 2 heteroatoms. The third kappa shape index (κ3) is 3.53. The third-order valence-electron chi connectivity index (χ3n) is 2.91. The van der Waals surface area contributed by atoms with Crippen molar-refractivity contribution in [2.45, 2.75) is 6.54 Å². The van der Waals surface area contributed by atoms with Gasteiger partial charge in [-0.2, -0.15) is 0 Å². The molecule has 0 amide bonds. The van der Waals surface area contributed by atoms with Gasteiger partial charge in [0.15, 0.2) is 0 Å². The lowest BCUT2D eigenvalue weighted by molar-refractivity contribution is 0.414. The number of ether oxygens (including phenoxy) is 1. The molecule has 2 nitrogen and oxygen atoms in total. The second kappa shape index (κ2) is 6.51. The molecule has 0 aromatic heterocycles. The standard InChI is InChI=1S/C17H17NO/c1-3-12-18(16-9-5-4-6-10-16)14-15-8-7-11-17(13-15)19-2/h1,4-11,13H,12,14H2,2H3. The predicted octanol–water partition coefficient (Wildman–Crippen LogP) is 3.34. The zero-order valence-electron chi connectivity index (χ0n) is 11.0. The quantitative estimate of drug-likeness (QED) is 0.756. The van der Waals surface area contributed by atoms with E-state index in [1.165, 1.54) is 5.56 Å². The number of rotatable bonds is 5. The van der Waals surface area contributed by atoms with E-state index in [4.69, 9.17) is 11.2 Å². The van der Waals surface area contributed by atoms with Crippen molar-refractivity contribution in [3.63, 3.8) is 0 Å². The average Bonchev–Trinajstić information content (AvgIpc) is 2.48. The Bertz CT molecular complexity index is 557. The first-order chi connectivity index (χ1) is 9.33. The summed E-state index contributed by atoms with van der Waals surface area (Å²) in [6, 6.07) is 18.2. The van der Waals surface area contributed by atoms with Crippen LogP contribution in [0.3, 0.4) is 0 Å². The second-order valence-corrected chi connectivity index (χ2v) is 4.25. The molecule has 0 fully saturated rings. The second-order valence-electron chi connectivity index (χ2n) is 4.25. The zero-order valence-corrected chi connectivity index (χ0v) is 11.0. The van der Waals surface area contributed by atoms with E-state index >= 15 is 0 Å². The molecule has 0 aliphatic carbocycles. The normalized spacial score (nSPS) is 9.68. The van der Waals surface area contributed by atoms with Crippen molar-refractivity contribution >= 4 is 5.69 Å². The van der Waals surface area contributed by atoms with Gasteiger partial charge >= 0.3 is 0 Å². The summed E-state index contributed by atoms with van der Waals surface area (Å²) in [5.41, 5.74) is 2.31. The number of nitrogens with zero attached hydrogens (tertiary/aromatic N) is 1. The van der Waals surface area contributed by atoms with E-state index in [1.54, 1.807) is 7.11 Å². The highest BCUT2D eigenvalue weighted by Gasteiger charge is 2.06. The maximum atomic E-state index is 5.46. The van der Waals surface area contributed by atoms with Gasteiger partial charge in [-0.1, -0.05) is 36.3 Å². The summed E-state index contributed by atoms with van der Waals surface area (Å²) in [5.74, 6) is 3.58. The van der Waals surface area contributed by atoms with Gasteiger partial charge in [0.1, 0.15) is 5.75 Å². The molecule has 0 bridgehead atoms. The van der Waals surface area contributed by atoms with Gasteiger partial charge in [-0.3, -0.25) is 0 Å². The van der Waals surface area contributed by atoms with E-state index in [2.05, 4.69) is 29.0 Å². The van der Waals surface area contributed by atoms with Crippen LogP contribution in [0.1, 0.15) is 5.56 Å². The Morgan fingerprint density at radius 2 is 1.89 bits per heavy atom. The van der Waals surface area contributed by atoms with Crippen molar-refractivity contribution in [2.24, 2.45) is 0 Å². The highest BCUT2D eigenvalue weighted by atomic mass is 16.5. The Balaban J connectivity index is 2.19. The van der Waals surface area contributed by atoms with Crippen LogP contribution < -0.4 is 9.64 Å². The van der Waals surface area contributed by atoms with Gasteiger partial charge < -0.3 is 9.64 Å². The summed E-state index contributed by atoms with van der Waals surface area (Å²) in [7, 11) is 1.68. The molecular weight excluding hydrogens is 234 g/mol. The molecule has 96 valence electrons. The van der Waals surface area contributed by atoms with Crippen LogP contribution in [0.2, 0.25) is 0 Å². The number of hydrogen-bond donors (Lipinski definition) is 0. The molecule has 0 spiro atoms. The monoisotopic (exact) mass is 251 g/mol. The molecule has 0 unspecified atom stereocenters. The number of terminal acetylenes is 1. The molecule has 0 saturated carbocycles. The van der Waals surface area contributed by atoms with Crippen LogP contribution in [0.15, 0.2) is 54.6 Å². The third-order valence-corrected chi connectivity index (χ3v) is 2.91. The summed E-state index contributed by atoms with van der Waals surface area (Å²) in [4.78, 5) is 2.16. The van der Waals surface area contributed by atoms with Gasteiger partial charge in [0.25, 0.3) is 0 Å². The fourth-order valence-corrected chi connectivity index (χ4v) is 1.98. The molecule has 0 aliphatic heterocycles. The van der Waals surface area contributed by atoms with Crippen LogP contribution in [0.4, 0.5) is 5.69 Å². The maximum Gasteiger partial charge on any atom is 0.119 e. The molecule has 19 heavy (non-hydrogen) atoms. The van der Waals surface area contributed by atoms with Crippen LogP contribution >= 0.6 is 0 Å². The van der Waals surface area contributed by atoms with Crippen LogP contribution in [0.25, 0.3) is 0 Å². The minimum Gasteiger partial charge on any atom is -0.497 e. The van der Waals surface area contributed by atoms with E-state index in [1.807, 2.05) is 36.4 Å². The Labute approximate surface area is 114 Å². The van der Waals surface area contributed by atoms with E-state index in [-0.39, 0.29) is 0 Å². The fourth-order valence-electron chi connectivity index (χ4n) is 1.98. The Hall–Kier alpha value is -2.40. The van der Waals surface area contributed by atoms with Crippen LogP contribution in [0, 0.1) is 12.3 Å². The predicted molar refractivity (Wildman–Crippen MR) is 79.3 cm³/mol. The van der Waals surface area contributed by atoms with Crippen LogP contribution in [-0.2, 0) is 6.54 Å². The Kier molecular flexibility index (Phi) is 4.47. The summed E-state index contributed by atoms with van der Waals surface area (Å²) in [6.45, 7) is 1.35. The number of para-hydroxylation sites is 1. The molecule has 0 aliphatic rings. The maximum absolute atomic E-state index is 5.46. The first-order valence-corrected chi connectivity index (χ1v) is 6.20. The topological polar surface area (TPSA) is 12.5 Å². The molecule has 0 atom stereocenters. The lowest BCUT2D eigenvalue weighted by atomic mass is 10.2. The summed E-state index contributed by atoms with van der Waals surface area (Å²) < 4.78 is 5.24. The summed E-state index contributed by atoms with van der Waals surface area (Å²) >= 11 is 0. The molecule has 2 aromatic carbocycles. The first-order valence-electron chi connectivity index (χ1n) is 6.20. The molecule has 0 radical (unpaired) electrons. The minimum atomic E-state index is 0.585. The molecule has 2 aromatic rings. The Morgan fingerprint density at radius 3 is 2.58 bits per heavy atom. The van der Waals surface area contributed by atoms with Crippen molar-refractivity contribution in [3.8, 4) is 18.1 Å². The van der Waals surface area contributed by atoms with Crippen LogP contribution in [0.5, 0.6) is 5.75 Å². The largest absolute Gasteiger partial charge is 0.497 e. The van der Waals surface area contributed by atoms with Gasteiger partial charge in [0.2, 0.25) is 0 Å². The van der Waals surface area contributed by atoms with Gasteiger partial charge in [0.05, 0.1) is 13.7 Å². The number of methoxy groups -OCH3 is 1. The van der Waals surface area contributed by atoms with Crippen molar-refractivity contribution in [3.05, 3.63) is 60.2 Å². The summed E-state index contributed by atoms with van der Waals surface area (Å²) in [6.07, 6.45) is 5.46. The van der Waals surface area contributed by atoms with E-state index in [0.717, 1.165) is 18.0 Å². The van der Waals surface area contributed by atoms with Crippen LogP contribution in [-0.4, -0.2) is 13.7 Å². The van der Waals surface area contributed by atoms with E-state index in [9.17, 15) is 0 Å². The molecule has 0 saturated heterocycles. The van der Waals surface area contributed by atoms with Crippen molar-refractivity contribution in [1.29, 1.82) is 0 Å². The lowest BCUT2D eigenvalue weighted by Crippen LogP contribution is -2.22. The lowest BCUT2D eigenvalue weighted by Gasteiger charge is -2.22. The SMILES string of the molecule is C#CCN(Cc1cccc(OC)c1)c1ccccc1. The number of hydrogen-bond acceptors (Lipinski definition) is 2. The molecule has 0 heterocycles. The Morgan fingerprint density at radius 1 is 1.11 bits per heavy atom. The average molecular weight is 251 g/mol. The van der Waals surface area contributed by atoms with Crippen molar-refractivity contribution in [1.82, 2.24) is 0 Å². The first kappa shape index (κ1) is 13.0. The zero-order chi connectivity index (χ0) is 13.5. The molecule has 0 N–H and O–H groups in total. The van der Waals surface area contributed by atoms with Crippen molar-refractivity contribution < 1.29 is 4.74 Å². The highest BCUT2D eigenvalue weighted by molar-refractivity contribution is 5.48.